The highest BCUT2D eigenvalue weighted by molar-refractivity contribution is 5.68. The molecule has 1 aromatic heterocycles. The summed E-state index contributed by atoms with van der Waals surface area (Å²) in [6.45, 7) is 12.7. The van der Waals surface area contributed by atoms with E-state index in [9.17, 15) is 4.79 Å². The van der Waals surface area contributed by atoms with Crippen LogP contribution in [0.15, 0.2) is 12.1 Å². The molecule has 21 heavy (non-hydrogen) atoms. The number of pyridine rings is 1. The van der Waals surface area contributed by atoms with E-state index in [1.54, 1.807) is 4.90 Å². The van der Waals surface area contributed by atoms with Gasteiger partial charge < -0.3 is 14.5 Å². The summed E-state index contributed by atoms with van der Waals surface area (Å²) in [5.41, 5.74) is 2.79. The van der Waals surface area contributed by atoms with Gasteiger partial charge >= 0.3 is 6.09 Å². The van der Waals surface area contributed by atoms with E-state index in [1.807, 2.05) is 40.7 Å². The zero-order chi connectivity index (χ0) is 15.6. The molecule has 0 aliphatic carbocycles. The van der Waals surface area contributed by atoms with Gasteiger partial charge in [-0.1, -0.05) is 0 Å². The van der Waals surface area contributed by atoms with E-state index < -0.39 is 5.60 Å². The van der Waals surface area contributed by atoms with Gasteiger partial charge in [-0.15, -0.1) is 0 Å². The second kappa shape index (κ2) is 5.92. The minimum atomic E-state index is -0.439. The van der Waals surface area contributed by atoms with Crippen LogP contribution in [0.4, 0.5) is 10.5 Å². The number of aryl methyl sites for hydroxylation is 2. The predicted octanol–water partition coefficient (Wildman–Crippen LogP) is 2.76. The van der Waals surface area contributed by atoms with Crippen LogP contribution in [0.1, 0.15) is 32.2 Å². The van der Waals surface area contributed by atoms with Crippen molar-refractivity contribution in [2.75, 3.05) is 31.1 Å². The van der Waals surface area contributed by atoms with Crippen molar-refractivity contribution < 1.29 is 9.53 Å². The lowest BCUT2D eigenvalue weighted by molar-refractivity contribution is 0.0240. The molecule has 1 aliphatic heterocycles. The third kappa shape index (κ3) is 4.09. The second-order valence-electron chi connectivity index (χ2n) is 6.51. The van der Waals surface area contributed by atoms with Crippen LogP contribution >= 0.6 is 0 Å². The number of amides is 1. The fraction of sp³-hybridized carbons (Fsp3) is 0.625. The van der Waals surface area contributed by atoms with E-state index in [4.69, 9.17) is 4.74 Å². The Morgan fingerprint density at radius 2 is 1.76 bits per heavy atom. The van der Waals surface area contributed by atoms with Crippen molar-refractivity contribution in [1.82, 2.24) is 9.88 Å². The molecule has 0 atom stereocenters. The molecule has 2 heterocycles. The van der Waals surface area contributed by atoms with Crippen molar-refractivity contribution in [2.24, 2.45) is 0 Å². The van der Waals surface area contributed by atoms with Gasteiger partial charge in [-0.05, 0) is 46.8 Å². The van der Waals surface area contributed by atoms with Crippen LogP contribution in [0.3, 0.4) is 0 Å². The van der Waals surface area contributed by atoms with Crippen LogP contribution in [0.2, 0.25) is 0 Å². The fourth-order valence-corrected chi connectivity index (χ4v) is 2.47. The number of carbonyl (C=O) groups is 1. The summed E-state index contributed by atoms with van der Waals surface area (Å²) in [6, 6.07) is 4.14. The number of rotatable bonds is 1. The third-order valence-electron chi connectivity index (χ3n) is 3.47. The minimum Gasteiger partial charge on any atom is -0.444 e. The first-order valence-corrected chi connectivity index (χ1v) is 7.43. The zero-order valence-corrected chi connectivity index (χ0v) is 13.6. The maximum atomic E-state index is 12.0. The van der Waals surface area contributed by atoms with Gasteiger partial charge in [-0.25, -0.2) is 4.79 Å². The highest BCUT2D eigenvalue weighted by Crippen LogP contribution is 2.21. The highest BCUT2D eigenvalue weighted by Gasteiger charge is 2.26. The molecule has 0 unspecified atom stereocenters. The Kier molecular flexibility index (Phi) is 4.40. The van der Waals surface area contributed by atoms with Crippen LogP contribution in [0.25, 0.3) is 0 Å². The van der Waals surface area contributed by atoms with E-state index in [1.165, 1.54) is 0 Å². The summed E-state index contributed by atoms with van der Waals surface area (Å²) < 4.78 is 5.41. The SMILES string of the molecule is Cc1ccc(N2CCN(C(=O)OC(C)(C)C)CC2)c(C)n1. The molecule has 0 radical (unpaired) electrons. The normalized spacial score (nSPS) is 16.0. The monoisotopic (exact) mass is 291 g/mol. The lowest BCUT2D eigenvalue weighted by Gasteiger charge is -2.37. The molecule has 0 saturated carbocycles. The molecule has 0 spiro atoms. The van der Waals surface area contributed by atoms with E-state index in [2.05, 4.69) is 16.0 Å². The van der Waals surface area contributed by atoms with Crippen LogP contribution in [-0.4, -0.2) is 47.8 Å². The van der Waals surface area contributed by atoms with Crippen molar-refractivity contribution in [3.63, 3.8) is 0 Å². The smallest absolute Gasteiger partial charge is 0.410 e. The van der Waals surface area contributed by atoms with Gasteiger partial charge in [0.2, 0.25) is 0 Å². The number of hydrogen-bond acceptors (Lipinski definition) is 4. The van der Waals surface area contributed by atoms with Crippen molar-refractivity contribution in [3.05, 3.63) is 23.5 Å². The quantitative estimate of drug-likeness (QED) is 0.798. The van der Waals surface area contributed by atoms with Crippen LogP contribution in [-0.2, 0) is 4.74 Å². The Morgan fingerprint density at radius 1 is 1.14 bits per heavy atom. The van der Waals surface area contributed by atoms with E-state index >= 15 is 0 Å². The van der Waals surface area contributed by atoms with Gasteiger partial charge in [0, 0.05) is 31.9 Å². The van der Waals surface area contributed by atoms with Crippen LogP contribution in [0.5, 0.6) is 0 Å². The molecule has 2 rings (SSSR count). The predicted molar refractivity (Wildman–Crippen MR) is 83.7 cm³/mol. The molecule has 5 heteroatoms. The summed E-state index contributed by atoms with van der Waals surface area (Å²) >= 11 is 0. The number of hydrogen-bond donors (Lipinski definition) is 0. The Labute approximate surface area is 126 Å². The van der Waals surface area contributed by atoms with Gasteiger partial charge in [0.1, 0.15) is 5.60 Å². The van der Waals surface area contributed by atoms with E-state index in [0.29, 0.717) is 13.1 Å². The fourth-order valence-electron chi connectivity index (χ4n) is 2.47. The van der Waals surface area contributed by atoms with Crippen LogP contribution in [0, 0.1) is 13.8 Å². The number of nitrogens with zero attached hydrogens (tertiary/aromatic N) is 3. The van der Waals surface area contributed by atoms with E-state index in [-0.39, 0.29) is 6.09 Å². The molecule has 1 fully saturated rings. The summed E-state index contributed by atoms with van der Waals surface area (Å²) in [5.74, 6) is 0. The Bertz CT molecular complexity index is 515. The molecule has 0 N–H and O–H groups in total. The van der Waals surface area contributed by atoms with Crippen molar-refractivity contribution >= 4 is 11.8 Å². The minimum absolute atomic E-state index is 0.221. The van der Waals surface area contributed by atoms with Crippen molar-refractivity contribution in [3.8, 4) is 0 Å². The average molecular weight is 291 g/mol. The number of aromatic nitrogens is 1. The molecule has 1 saturated heterocycles. The van der Waals surface area contributed by atoms with Gasteiger partial charge in [0.15, 0.2) is 0 Å². The summed E-state index contributed by atoms with van der Waals surface area (Å²) in [4.78, 5) is 20.6. The molecular weight excluding hydrogens is 266 g/mol. The maximum absolute atomic E-state index is 12.0. The first-order valence-electron chi connectivity index (χ1n) is 7.43. The highest BCUT2D eigenvalue weighted by atomic mass is 16.6. The van der Waals surface area contributed by atoms with Gasteiger partial charge in [0.25, 0.3) is 0 Å². The molecule has 0 bridgehead atoms. The lowest BCUT2D eigenvalue weighted by atomic mass is 10.2. The average Bonchev–Trinajstić information content (AvgIpc) is 2.37. The Morgan fingerprint density at radius 3 is 2.29 bits per heavy atom. The first kappa shape index (κ1) is 15.6. The molecule has 0 aromatic carbocycles. The molecule has 1 aromatic rings. The van der Waals surface area contributed by atoms with Crippen molar-refractivity contribution in [1.29, 1.82) is 0 Å². The molecule has 1 aliphatic rings. The number of carbonyl (C=O) groups excluding carboxylic acids is 1. The summed E-state index contributed by atoms with van der Waals surface area (Å²) in [6.07, 6.45) is -0.221. The zero-order valence-electron chi connectivity index (χ0n) is 13.6. The Hall–Kier alpha value is -1.78. The van der Waals surface area contributed by atoms with Gasteiger partial charge in [-0.2, -0.15) is 0 Å². The molecule has 1 amide bonds. The van der Waals surface area contributed by atoms with Crippen molar-refractivity contribution in [2.45, 2.75) is 40.2 Å². The summed E-state index contributed by atoms with van der Waals surface area (Å²) in [5, 5.41) is 0. The molecule has 116 valence electrons. The van der Waals surface area contributed by atoms with E-state index in [0.717, 1.165) is 30.2 Å². The standard InChI is InChI=1S/C16H25N3O2/c1-12-6-7-14(13(2)17-12)18-8-10-19(11-9-18)15(20)21-16(3,4)5/h6-7H,8-11H2,1-5H3. The first-order chi connectivity index (χ1) is 9.76. The second-order valence-corrected chi connectivity index (χ2v) is 6.51. The largest absolute Gasteiger partial charge is 0.444 e. The van der Waals surface area contributed by atoms with Gasteiger partial charge in [-0.3, -0.25) is 4.98 Å². The summed E-state index contributed by atoms with van der Waals surface area (Å²) in [7, 11) is 0. The third-order valence-corrected chi connectivity index (χ3v) is 3.47. The lowest BCUT2D eigenvalue weighted by Crippen LogP contribution is -2.50. The number of anilines is 1. The number of piperazine rings is 1. The maximum Gasteiger partial charge on any atom is 0.410 e. The topological polar surface area (TPSA) is 45.7 Å². The van der Waals surface area contributed by atoms with Crippen LogP contribution < -0.4 is 4.90 Å². The number of ether oxygens (including phenoxy) is 1. The Balaban J connectivity index is 1.95. The molecule has 5 nitrogen and oxygen atoms in total. The van der Waals surface area contributed by atoms with Gasteiger partial charge in [0.05, 0.1) is 11.4 Å². The molecular formula is C16H25N3O2.